The highest BCUT2D eigenvalue weighted by Gasteiger charge is 2.27. The van der Waals surface area contributed by atoms with Gasteiger partial charge < -0.3 is 24.8 Å². The molecule has 3 aromatic rings. The molecule has 0 amide bonds. The number of rotatable bonds is 4. The van der Waals surface area contributed by atoms with E-state index in [1.54, 1.807) is 0 Å². The van der Waals surface area contributed by atoms with Crippen LogP contribution in [0.1, 0.15) is 0 Å². The van der Waals surface area contributed by atoms with Gasteiger partial charge in [-0.2, -0.15) is 9.97 Å². The number of piperazine rings is 1. The average molecular weight is 495 g/mol. The maximum atomic E-state index is 12.1. The number of nitrogens with one attached hydrogen (secondary N) is 1. The van der Waals surface area contributed by atoms with E-state index in [-0.39, 0.29) is 0 Å². The van der Waals surface area contributed by atoms with E-state index in [4.69, 9.17) is 24.7 Å². The number of ether oxygens (including phenoxy) is 1. The van der Waals surface area contributed by atoms with Gasteiger partial charge in [-0.05, 0) is 0 Å². The second-order valence-corrected chi connectivity index (χ2v) is 10.6. The summed E-state index contributed by atoms with van der Waals surface area (Å²) in [7, 11) is -0.777. The van der Waals surface area contributed by atoms with Gasteiger partial charge >= 0.3 is 0 Å². The van der Waals surface area contributed by atoms with Crippen molar-refractivity contribution in [1.29, 1.82) is 0 Å². The van der Waals surface area contributed by atoms with Crippen LogP contribution in [0.2, 0.25) is 0 Å². The van der Waals surface area contributed by atoms with Gasteiger partial charge in [0.25, 0.3) is 0 Å². The smallest absolute Gasteiger partial charge is 0.229 e. The topological polar surface area (TPSA) is 99.6 Å². The highest BCUT2D eigenvalue weighted by atomic mass is 32.2. The summed E-state index contributed by atoms with van der Waals surface area (Å²) in [5.74, 6) is 3.59. The van der Waals surface area contributed by atoms with E-state index < -0.39 is 10.8 Å². The van der Waals surface area contributed by atoms with Crippen molar-refractivity contribution >= 4 is 39.5 Å². The zero-order chi connectivity index (χ0) is 23.6. The fourth-order valence-corrected chi connectivity index (χ4v) is 5.83. The SMILES string of the molecule is O=S1CCN(c2nc(N3CCNCC3)nc3nc(N4CCOCC4)c(-c4ccccc4)nc23)CC1. The zero-order valence-electron chi connectivity index (χ0n) is 19.7. The first-order valence-electron chi connectivity index (χ1n) is 12.3. The van der Waals surface area contributed by atoms with Crippen molar-refractivity contribution in [2.45, 2.75) is 0 Å². The molecule has 11 heteroatoms. The van der Waals surface area contributed by atoms with E-state index in [2.05, 4.69) is 32.1 Å². The quantitative estimate of drug-likeness (QED) is 0.563. The van der Waals surface area contributed by atoms with Crippen LogP contribution in [0.5, 0.6) is 0 Å². The molecule has 10 nitrogen and oxygen atoms in total. The van der Waals surface area contributed by atoms with E-state index in [0.29, 0.717) is 54.9 Å². The molecule has 1 N–H and O–H groups in total. The van der Waals surface area contributed by atoms with Crippen molar-refractivity contribution in [3.63, 3.8) is 0 Å². The summed E-state index contributed by atoms with van der Waals surface area (Å²) >= 11 is 0. The molecule has 5 heterocycles. The van der Waals surface area contributed by atoms with Gasteiger partial charge in [-0.15, -0.1) is 0 Å². The van der Waals surface area contributed by atoms with Gasteiger partial charge in [-0.1, -0.05) is 30.3 Å². The molecule has 3 saturated heterocycles. The largest absolute Gasteiger partial charge is 0.378 e. The molecule has 6 rings (SSSR count). The molecule has 3 aliphatic rings. The second-order valence-electron chi connectivity index (χ2n) is 8.95. The molecule has 0 spiro atoms. The minimum Gasteiger partial charge on any atom is -0.378 e. The Morgan fingerprint density at radius 2 is 1.49 bits per heavy atom. The Morgan fingerprint density at radius 3 is 2.23 bits per heavy atom. The lowest BCUT2D eigenvalue weighted by Crippen LogP contribution is -2.44. The molecule has 3 aliphatic heterocycles. The number of morpholine rings is 1. The van der Waals surface area contributed by atoms with Crippen LogP contribution in [0, 0.1) is 0 Å². The highest BCUT2D eigenvalue weighted by molar-refractivity contribution is 7.85. The number of fused-ring (bicyclic) bond motifs is 1. The number of aromatic nitrogens is 4. The van der Waals surface area contributed by atoms with Crippen molar-refractivity contribution in [3.05, 3.63) is 30.3 Å². The van der Waals surface area contributed by atoms with Crippen LogP contribution >= 0.6 is 0 Å². The minimum absolute atomic E-state index is 0.608. The van der Waals surface area contributed by atoms with Crippen LogP contribution in [0.15, 0.2) is 30.3 Å². The Balaban J connectivity index is 1.53. The number of nitrogens with zero attached hydrogens (tertiary/aromatic N) is 7. The summed E-state index contributed by atoms with van der Waals surface area (Å²) in [6.07, 6.45) is 0. The lowest BCUT2D eigenvalue weighted by atomic mass is 10.1. The monoisotopic (exact) mass is 494 g/mol. The van der Waals surface area contributed by atoms with E-state index in [0.717, 1.165) is 62.2 Å². The van der Waals surface area contributed by atoms with E-state index >= 15 is 0 Å². The van der Waals surface area contributed by atoms with Gasteiger partial charge in [0.15, 0.2) is 22.8 Å². The highest BCUT2D eigenvalue weighted by Crippen LogP contribution is 2.33. The Bertz CT molecular complexity index is 1210. The third-order valence-electron chi connectivity index (χ3n) is 6.72. The van der Waals surface area contributed by atoms with Crippen LogP contribution < -0.4 is 20.0 Å². The molecule has 2 aromatic heterocycles. The van der Waals surface area contributed by atoms with Gasteiger partial charge in [-0.3, -0.25) is 4.21 Å². The maximum absolute atomic E-state index is 12.1. The first kappa shape index (κ1) is 22.6. The summed E-state index contributed by atoms with van der Waals surface area (Å²) in [4.78, 5) is 26.9. The molecule has 0 atom stereocenters. The molecule has 0 aliphatic carbocycles. The van der Waals surface area contributed by atoms with Gasteiger partial charge in [0.1, 0.15) is 5.69 Å². The van der Waals surface area contributed by atoms with Crippen molar-refractivity contribution < 1.29 is 8.95 Å². The molecular weight excluding hydrogens is 464 g/mol. The van der Waals surface area contributed by atoms with E-state index in [1.807, 2.05) is 18.2 Å². The Labute approximate surface area is 207 Å². The van der Waals surface area contributed by atoms with Crippen molar-refractivity contribution in [2.24, 2.45) is 0 Å². The van der Waals surface area contributed by atoms with Crippen molar-refractivity contribution in [2.75, 3.05) is 91.8 Å². The van der Waals surface area contributed by atoms with E-state index in [9.17, 15) is 4.21 Å². The minimum atomic E-state index is -0.777. The summed E-state index contributed by atoms with van der Waals surface area (Å²) in [6.45, 7) is 7.73. The lowest BCUT2D eigenvalue weighted by molar-refractivity contribution is 0.122. The summed E-state index contributed by atoms with van der Waals surface area (Å²) < 4.78 is 17.7. The molecule has 0 radical (unpaired) electrons. The normalized spacial score (nSPS) is 19.9. The molecule has 0 saturated carbocycles. The molecule has 0 bridgehead atoms. The van der Waals surface area contributed by atoms with Gasteiger partial charge in [0, 0.05) is 80.2 Å². The van der Waals surface area contributed by atoms with Crippen molar-refractivity contribution in [1.82, 2.24) is 25.3 Å². The third kappa shape index (κ3) is 4.67. The standard InChI is InChI=1S/C24H30N8O2S/c33-35-16-12-31(13-17-35)23-20-21(28-24(29-23)32-8-6-25-7-9-32)27-22(30-10-14-34-15-11-30)19(26-20)18-4-2-1-3-5-18/h1-5,25H,6-17H2. The summed E-state index contributed by atoms with van der Waals surface area (Å²) in [6, 6.07) is 10.2. The number of benzene rings is 1. The number of hydrogen-bond acceptors (Lipinski definition) is 10. The van der Waals surface area contributed by atoms with Gasteiger partial charge in [0.05, 0.1) is 13.2 Å². The first-order chi connectivity index (χ1) is 17.3. The predicted octanol–water partition coefficient (Wildman–Crippen LogP) is 0.902. The molecule has 184 valence electrons. The fourth-order valence-electron chi connectivity index (χ4n) is 4.78. The van der Waals surface area contributed by atoms with Crippen LogP contribution in [0.3, 0.4) is 0 Å². The fraction of sp³-hybridized carbons (Fsp3) is 0.500. The Kier molecular flexibility index (Phi) is 6.45. The van der Waals surface area contributed by atoms with E-state index in [1.165, 1.54) is 0 Å². The Hall–Kier alpha value is -2.89. The summed E-state index contributed by atoms with van der Waals surface area (Å²) in [5.41, 5.74) is 3.16. The average Bonchev–Trinajstić information content (AvgIpc) is 2.93. The number of hydrogen-bond donors (Lipinski definition) is 1. The Morgan fingerprint density at radius 1 is 0.771 bits per heavy atom. The van der Waals surface area contributed by atoms with Crippen LogP contribution in [-0.4, -0.2) is 101 Å². The summed E-state index contributed by atoms with van der Waals surface area (Å²) in [5, 5.41) is 3.39. The van der Waals surface area contributed by atoms with Gasteiger partial charge in [0.2, 0.25) is 5.95 Å². The van der Waals surface area contributed by atoms with Crippen LogP contribution in [-0.2, 0) is 15.5 Å². The van der Waals surface area contributed by atoms with Gasteiger partial charge in [-0.25, -0.2) is 9.97 Å². The maximum Gasteiger partial charge on any atom is 0.229 e. The third-order valence-corrected chi connectivity index (χ3v) is 7.99. The van der Waals surface area contributed by atoms with Crippen LogP contribution in [0.25, 0.3) is 22.4 Å². The second kappa shape index (κ2) is 10.00. The molecule has 3 fully saturated rings. The molecule has 1 aromatic carbocycles. The predicted molar refractivity (Wildman–Crippen MR) is 139 cm³/mol. The van der Waals surface area contributed by atoms with Crippen LogP contribution in [0.4, 0.5) is 17.6 Å². The lowest BCUT2D eigenvalue weighted by Gasteiger charge is -2.32. The molecular formula is C24H30N8O2S. The zero-order valence-corrected chi connectivity index (χ0v) is 20.5. The first-order valence-corrected chi connectivity index (χ1v) is 13.8. The molecule has 35 heavy (non-hydrogen) atoms. The van der Waals surface area contributed by atoms with Crippen molar-refractivity contribution in [3.8, 4) is 11.3 Å². The number of anilines is 3. The molecule has 0 unspecified atom stereocenters.